The van der Waals surface area contributed by atoms with E-state index in [1.807, 2.05) is 12.3 Å². The second-order valence-corrected chi connectivity index (χ2v) is 7.15. The quantitative estimate of drug-likeness (QED) is 0.687. The summed E-state index contributed by atoms with van der Waals surface area (Å²) in [7, 11) is 0. The minimum absolute atomic E-state index is 0.00400. The number of aromatic nitrogens is 1. The monoisotopic (exact) mass is 320 g/mol. The number of nitrogens with one attached hydrogen (secondary N) is 2. The molecule has 120 valence electrons. The van der Waals surface area contributed by atoms with Gasteiger partial charge in [0.15, 0.2) is 0 Å². The number of aryl methyl sites for hydroxylation is 1. The number of hydrogen-bond acceptors (Lipinski definition) is 3. The Morgan fingerprint density at radius 3 is 2.86 bits per heavy atom. The van der Waals surface area contributed by atoms with E-state index in [1.54, 1.807) is 11.8 Å². The summed E-state index contributed by atoms with van der Waals surface area (Å²) >= 11 is 1.60. The molecule has 1 aromatic carbocycles. The largest absolute Gasteiger partial charge is 0.395 e. The van der Waals surface area contributed by atoms with Crippen molar-refractivity contribution in [2.45, 2.75) is 37.3 Å². The van der Waals surface area contributed by atoms with Crippen molar-refractivity contribution in [3.05, 3.63) is 30.0 Å². The number of carbonyl (C=O) groups excluding carboxylic acids is 1. The molecule has 0 unspecified atom stereocenters. The summed E-state index contributed by atoms with van der Waals surface area (Å²) in [5.41, 5.74) is 2.31. The molecule has 0 saturated carbocycles. The minimum atomic E-state index is -0.148. The smallest absolute Gasteiger partial charge is 0.233 e. The van der Waals surface area contributed by atoms with E-state index in [0.29, 0.717) is 12.5 Å². The third-order valence-corrected chi connectivity index (χ3v) is 4.80. The van der Waals surface area contributed by atoms with E-state index >= 15 is 0 Å². The van der Waals surface area contributed by atoms with Gasteiger partial charge in [0.1, 0.15) is 0 Å². The van der Waals surface area contributed by atoms with Crippen LogP contribution in [0.3, 0.4) is 0 Å². The summed E-state index contributed by atoms with van der Waals surface area (Å²) in [5, 5.41) is 12.7. The van der Waals surface area contributed by atoms with Crippen LogP contribution in [0.5, 0.6) is 0 Å². The first-order valence-electron chi connectivity index (χ1n) is 7.64. The zero-order chi connectivity index (χ0) is 16.1. The molecule has 1 aromatic heterocycles. The first kappa shape index (κ1) is 16.9. The normalized spacial score (nSPS) is 12.8. The summed E-state index contributed by atoms with van der Waals surface area (Å²) in [4.78, 5) is 16.7. The molecule has 2 aromatic rings. The maximum Gasteiger partial charge on any atom is 0.233 e. The summed E-state index contributed by atoms with van der Waals surface area (Å²) < 4.78 is 0. The Bertz CT molecular complexity index is 637. The van der Waals surface area contributed by atoms with Gasteiger partial charge in [-0.1, -0.05) is 26.0 Å². The lowest BCUT2D eigenvalue weighted by molar-refractivity contribution is -0.120. The fraction of sp³-hybridized carbons (Fsp3) is 0.471. The van der Waals surface area contributed by atoms with E-state index < -0.39 is 0 Å². The highest BCUT2D eigenvalue weighted by atomic mass is 32.2. The Labute approximate surface area is 135 Å². The molecule has 0 fully saturated rings. The molecular formula is C17H24N2O2S. The average molecular weight is 320 g/mol. The molecule has 0 radical (unpaired) electrons. The van der Waals surface area contributed by atoms with Gasteiger partial charge in [-0.25, -0.2) is 0 Å². The lowest BCUT2D eigenvalue weighted by Gasteiger charge is -2.18. The van der Waals surface area contributed by atoms with Crippen LogP contribution < -0.4 is 5.32 Å². The van der Waals surface area contributed by atoms with Crippen molar-refractivity contribution in [3.8, 4) is 0 Å². The van der Waals surface area contributed by atoms with Crippen molar-refractivity contribution in [1.29, 1.82) is 0 Å². The fourth-order valence-corrected chi connectivity index (χ4v) is 4.00. The van der Waals surface area contributed by atoms with Crippen molar-refractivity contribution in [2.24, 2.45) is 5.92 Å². The van der Waals surface area contributed by atoms with Gasteiger partial charge >= 0.3 is 0 Å². The number of rotatable bonds is 7. The molecular weight excluding hydrogens is 296 g/mol. The van der Waals surface area contributed by atoms with Gasteiger partial charge in [-0.2, -0.15) is 0 Å². The van der Waals surface area contributed by atoms with Gasteiger partial charge in [-0.05, 0) is 30.9 Å². The van der Waals surface area contributed by atoms with E-state index in [1.165, 1.54) is 10.9 Å². The van der Waals surface area contributed by atoms with Gasteiger partial charge in [0.25, 0.3) is 0 Å². The standard InChI is InChI=1S/C17H24N2O2S/c1-11(2)9-14(17(21)18-7-8-20)22-15-10-19-13-6-4-5-12(3)16(13)15/h4-6,10-11,14,19-20H,7-9H2,1-3H3,(H,18,21)/t14-/m0/s1. The van der Waals surface area contributed by atoms with Crippen molar-refractivity contribution >= 4 is 28.6 Å². The number of amides is 1. The Kier molecular flexibility index (Phi) is 5.91. The van der Waals surface area contributed by atoms with Crippen LogP contribution in [0, 0.1) is 12.8 Å². The molecule has 5 heteroatoms. The Morgan fingerprint density at radius 2 is 2.18 bits per heavy atom. The minimum Gasteiger partial charge on any atom is -0.395 e. The van der Waals surface area contributed by atoms with Gasteiger partial charge in [0.2, 0.25) is 5.91 Å². The van der Waals surface area contributed by atoms with Crippen LogP contribution >= 0.6 is 11.8 Å². The lowest BCUT2D eigenvalue weighted by Crippen LogP contribution is -2.35. The Morgan fingerprint density at radius 1 is 1.41 bits per heavy atom. The van der Waals surface area contributed by atoms with E-state index in [9.17, 15) is 4.79 Å². The molecule has 0 aliphatic rings. The second-order valence-electron chi connectivity index (χ2n) is 5.90. The highest BCUT2D eigenvalue weighted by Gasteiger charge is 2.22. The van der Waals surface area contributed by atoms with Crippen LogP contribution in [0.25, 0.3) is 10.9 Å². The molecule has 0 spiro atoms. The van der Waals surface area contributed by atoms with Crippen LogP contribution in [0.1, 0.15) is 25.8 Å². The van der Waals surface area contributed by atoms with E-state index in [4.69, 9.17) is 5.11 Å². The average Bonchev–Trinajstić information content (AvgIpc) is 2.88. The molecule has 1 amide bonds. The fourth-order valence-electron chi connectivity index (χ4n) is 2.51. The molecule has 0 bridgehead atoms. The van der Waals surface area contributed by atoms with Crippen molar-refractivity contribution in [1.82, 2.24) is 10.3 Å². The molecule has 1 atom stereocenters. The third-order valence-electron chi connectivity index (χ3n) is 3.54. The summed E-state index contributed by atoms with van der Waals surface area (Å²) in [6.07, 6.45) is 2.79. The SMILES string of the molecule is Cc1cccc2[nH]cc(S[C@@H](CC(C)C)C(=O)NCCO)c12. The van der Waals surface area contributed by atoms with Crippen LogP contribution in [0.2, 0.25) is 0 Å². The van der Waals surface area contributed by atoms with Gasteiger partial charge in [-0.15, -0.1) is 11.8 Å². The number of fused-ring (bicyclic) bond motifs is 1. The van der Waals surface area contributed by atoms with Crippen LogP contribution in [-0.2, 0) is 4.79 Å². The molecule has 1 heterocycles. The zero-order valence-electron chi connectivity index (χ0n) is 13.3. The number of H-pyrrole nitrogens is 1. The topological polar surface area (TPSA) is 65.1 Å². The maximum atomic E-state index is 12.3. The molecule has 3 N–H and O–H groups in total. The Balaban J connectivity index is 2.23. The van der Waals surface area contributed by atoms with Crippen LogP contribution in [0.4, 0.5) is 0 Å². The molecule has 0 aliphatic carbocycles. The van der Waals surface area contributed by atoms with Crippen molar-refractivity contribution in [2.75, 3.05) is 13.2 Å². The van der Waals surface area contributed by atoms with Crippen molar-refractivity contribution in [3.63, 3.8) is 0 Å². The highest BCUT2D eigenvalue weighted by molar-refractivity contribution is 8.00. The number of aromatic amines is 1. The number of aliphatic hydroxyl groups is 1. The van der Waals surface area contributed by atoms with Crippen LogP contribution in [0.15, 0.2) is 29.3 Å². The lowest BCUT2D eigenvalue weighted by atomic mass is 10.1. The number of aliphatic hydroxyl groups excluding tert-OH is 1. The first-order valence-corrected chi connectivity index (χ1v) is 8.52. The third kappa shape index (κ3) is 4.05. The van der Waals surface area contributed by atoms with E-state index in [-0.39, 0.29) is 17.8 Å². The second kappa shape index (κ2) is 7.70. The summed E-state index contributed by atoms with van der Waals surface area (Å²) in [6, 6.07) is 6.17. The highest BCUT2D eigenvalue weighted by Crippen LogP contribution is 2.35. The molecule has 0 saturated heterocycles. The molecule has 0 aliphatic heterocycles. The predicted molar refractivity (Wildman–Crippen MR) is 92.2 cm³/mol. The number of benzene rings is 1. The van der Waals surface area contributed by atoms with Crippen molar-refractivity contribution < 1.29 is 9.90 Å². The number of carbonyl (C=O) groups is 1. The zero-order valence-corrected chi connectivity index (χ0v) is 14.2. The van der Waals surface area contributed by atoms with Gasteiger partial charge < -0.3 is 15.4 Å². The molecule has 22 heavy (non-hydrogen) atoms. The summed E-state index contributed by atoms with van der Waals surface area (Å²) in [6.45, 7) is 6.60. The number of thioether (sulfide) groups is 1. The number of hydrogen-bond donors (Lipinski definition) is 3. The molecule has 4 nitrogen and oxygen atoms in total. The van der Waals surface area contributed by atoms with Gasteiger partial charge in [0.05, 0.1) is 11.9 Å². The first-order chi connectivity index (χ1) is 10.5. The molecule has 2 rings (SSSR count). The van der Waals surface area contributed by atoms with E-state index in [2.05, 4.69) is 43.2 Å². The van der Waals surface area contributed by atoms with Gasteiger partial charge in [0, 0.05) is 28.5 Å². The summed E-state index contributed by atoms with van der Waals surface area (Å²) in [5.74, 6) is 0.430. The maximum absolute atomic E-state index is 12.3. The predicted octanol–water partition coefficient (Wildman–Crippen LogP) is 3.09. The van der Waals surface area contributed by atoms with Crippen LogP contribution in [-0.4, -0.2) is 34.4 Å². The Hall–Kier alpha value is -1.46. The van der Waals surface area contributed by atoms with Gasteiger partial charge in [-0.3, -0.25) is 4.79 Å². The van der Waals surface area contributed by atoms with E-state index in [0.717, 1.165) is 16.8 Å².